The van der Waals surface area contributed by atoms with E-state index in [1.807, 2.05) is 44.2 Å². The summed E-state index contributed by atoms with van der Waals surface area (Å²) < 4.78 is 28.9. The Morgan fingerprint density at radius 3 is 2.24 bits per heavy atom. The van der Waals surface area contributed by atoms with Crippen molar-refractivity contribution >= 4 is 27.4 Å². The predicted octanol–water partition coefficient (Wildman–Crippen LogP) is 4.52. The first-order valence-electron chi connectivity index (χ1n) is 8.40. The molecule has 0 fully saturated rings. The van der Waals surface area contributed by atoms with Crippen LogP contribution in [0.3, 0.4) is 0 Å². The van der Waals surface area contributed by atoms with Crippen LogP contribution in [0.15, 0.2) is 51.8 Å². The van der Waals surface area contributed by atoms with Gasteiger partial charge in [-0.3, -0.25) is 0 Å². The third-order valence-corrected chi connectivity index (χ3v) is 5.57. The maximum Gasteiger partial charge on any atom is 0.287 e. The molecule has 0 bridgehead atoms. The van der Waals surface area contributed by atoms with Crippen molar-refractivity contribution in [3.8, 4) is 0 Å². The second-order valence-electron chi connectivity index (χ2n) is 6.82. The first kappa shape index (κ1) is 17.5. The molecular weight excluding hydrogens is 334 g/mol. The lowest BCUT2D eigenvalue weighted by Gasteiger charge is -2.23. The van der Waals surface area contributed by atoms with Crippen LogP contribution < -0.4 is 10.6 Å². The van der Waals surface area contributed by atoms with Gasteiger partial charge in [-0.15, -0.1) is 4.40 Å². The first-order valence-corrected chi connectivity index (χ1v) is 9.84. The van der Waals surface area contributed by atoms with Crippen molar-refractivity contribution in [3.05, 3.63) is 53.6 Å². The maximum atomic E-state index is 12.5. The third kappa shape index (κ3) is 3.54. The maximum absolute atomic E-state index is 12.5. The zero-order chi connectivity index (χ0) is 18.2. The van der Waals surface area contributed by atoms with Gasteiger partial charge in [-0.2, -0.15) is 8.42 Å². The van der Waals surface area contributed by atoms with Crippen molar-refractivity contribution < 1.29 is 8.42 Å². The zero-order valence-corrected chi connectivity index (χ0v) is 15.7. The lowest BCUT2D eigenvalue weighted by Crippen LogP contribution is -2.29. The Morgan fingerprint density at radius 1 is 0.960 bits per heavy atom. The van der Waals surface area contributed by atoms with E-state index in [4.69, 9.17) is 0 Å². The number of fused-ring (bicyclic) bond motifs is 1. The van der Waals surface area contributed by atoms with Crippen molar-refractivity contribution in [3.63, 3.8) is 0 Å². The number of sulfonamides is 1. The SMILES string of the molecule is CC(C)c1ccc(NC2=NS(=O)(=O)c3cccc(C(C)C)c3N2)cc1. The minimum absolute atomic E-state index is 0.197. The summed E-state index contributed by atoms with van der Waals surface area (Å²) >= 11 is 0. The number of nitrogens with zero attached hydrogens (tertiary/aromatic N) is 1. The Kier molecular flexibility index (Phi) is 4.56. The van der Waals surface area contributed by atoms with Crippen LogP contribution in [-0.2, 0) is 10.0 Å². The minimum atomic E-state index is -3.73. The predicted molar refractivity (Wildman–Crippen MR) is 103 cm³/mol. The fraction of sp³-hybridized carbons (Fsp3) is 0.316. The van der Waals surface area contributed by atoms with Gasteiger partial charge < -0.3 is 10.6 Å². The molecule has 0 spiro atoms. The summed E-state index contributed by atoms with van der Waals surface area (Å²) in [5, 5.41) is 6.22. The average molecular weight is 357 g/mol. The Hall–Kier alpha value is -2.34. The van der Waals surface area contributed by atoms with E-state index in [1.54, 1.807) is 12.1 Å². The Labute approximate surface area is 149 Å². The van der Waals surface area contributed by atoms with Gasteiger partial charge in [-0.25, -0.2) is 0 Å². The van der Waals surface area contributed by atoms with E-state index in [-0.39, 0.29) is 16.8 Å². The van der Waals surface area contributed by atoms with E-state index < -0.39 is 10.0 Å². The van der Waals surface area contributed by atoms with E-state index >= 15 is 0 Å². The van der Waals surface area contributed by atoms with Gasteiger partial charge in [-0.1, -0.05) is 52.0 Å². The van der Waals surface area contributed by atoms with Gasteiger partial charge in [0.25, 0.3) is 10.0 Å². The monoisotopic (exact) mass is 357 g/mol. The van der Waals surface area contributed by atoms with Crippen LogP contribution in [0.25, 0.3) is 0 Å². The quantitative estimate of drug-likeness (QED) is 0.847. The molecule has 2 aromatic rings. The molecule has 0 radical (unpaired) electrons. The minimum Gasteiger partial charge on any atom is -0.325 e. The van der Waals surface area contributed by atoms with E-state index in [9.17, 15) is 8.42 Å². The van der Waals surface area contributed by atoms with Crippen molar-refractivity contribution in [2.75, 3.05) is 10.6 Å². The molecule has 0 aliphatic carbocycles. The Morgan fingerprint density at radius 2 is 1.64 bits per heavy atom. The van der Waals surface area contributed by atoms with Gasteiger partial charge in [0.15, 0.2) is 0 Å². The Bertz CT molecular complexity index is 914. The second-order valence-corrected chi connectivity index (χ2v) is 8.39. The molecule has 6 heteroatoms. The second kappa shape index (κ2) is 6.52. The lowest BCUT2D eigenvalue weighted by atomic mass is 10.0. The molecule has 0 amide bonds. The number of para-hydroxylation sites is 1. The van der Waals surface area contributed by atoms with Gasteiger partial charge in [0.2, 0.25) is 5.96 Å². The van der Waals surface area contributed by atoms with Crippen LogP contribution in [0.5, 0.6) is 0 Å². The highest BCUT2D eigenvalue weighted by molar-refractivity contribution is 7.90. The molecule has 1 aliphatic rings. The number of benzene rings is 2. The van der Waals surface area contributed by atoms with Crippen LogP contribution in [0.2, 0.25) is 0 Å². The number of nitrogens with one attached hydrogen (secondary N) is 2. The summed E-state index contributed by atoms with van der Waals surface area (Å²) in [6.07, 6.45) is 0. The largest absolute Gasteiger partial charge is 0.325 e. The highest BCUT2D eigenvalue weighted by atomic mass is 32.2. The van der Waals surface area contributed by atoms with Crippen LogP contribution in [0.1, 0.15) is 50.7 Å². The number of guanidine groups is 1. The molecule has 25 heavy (non-hydrogen) atoms. The number of hydrogen-bond donors (Lipinski definition) is 2. The molecule has 5 nitrogen and oxygen atoms in total. The summed E-state index contributed by atoms with van der Waals surface area (Å²) in [5.74, 6) is 0.861. The highest BCUT2D eigenvalue weighted by Gasteiger charge is 2.27. The molecule has 0 unspecified atom stereocenters. The van der Waals surface area contributed by atoms with Crippen molar-refractivity contribution in [2.24, 2.45) is 4.40 Å². The van der Waals surface area contributed by atoms with E-state index in [2.05, 4.69) is 28.9 Å². The molecule has 3 rings (SSSR count). The fourth-order valence-electron chi connectivity index (χ4n) is 2.83. The van der Waals surface area contributed by atoms with Gasteiger partial charge in [0.05, 0.1) is 5.69 Å². The molecule has 1 heterocycles. The molecular formula is C19H23N3O2S. The normalized spacial score (nSPS) is 15.5. The number of rotatable bonds is 3. The Balaban J connectivity index is 1.94. The first-order chi connectivity index (χ1) is 11.8. The average Bonchev–Trinajstić information content (AvgIpc) is 2.54. The van der Waals surface area contributed by atoms with E-state index in [0.29, 0.717) is 11.6 Å². The van der Waals surface area contributed by atoms with Crippen molar-refractivity contribution in [1.82, 2.24) is 0 Å². The third-order valence-electron chi connectivity index (χ3n) is 4.25. The molecule has 132 valence electrons. The molecule has 0 aromatic heterocycles. The van der Waals surface area contributed by atoms with E-state index in [0.717, 1.165) is 11.3 Å². The molecule has 2 aromatic carbocycles. The van der Waals surface area contributed by atoms with Gasteiger partial charge >= 0.3 is 0 Å². The van der Waals surface area contributed by atoms with Crippen LogP contribution >= 0.6 is 0 Å². The summed E-state index contributed by atoms with van der Waals surface area (Å²) in [4.78, 5) is 0.222. The van der Waals surface area contributed by atoms with Gasteiger partial charge in [-0.05, 0) is 41.2 Å². The lowest BCUT2D eigenvalue weighted by molar-refractivity contribution is 0.597. The van der Waals surface area contributed by atoms with E-state index in [1.165, 1.54) is 5.56 Å². The summed E-state index contributed by atoms with van der Waals surface area (Å²) in [5.41, 5.74) is 3.57. The number of hydrogen-bond acceptors (Lipinski definition) is 4. The van der Waals surface area contributed by atoms with Crippen LogP contribution in [0, 0.1) is 0 Å². The van der Waals surface area contributed by atoms with Crippen molar-refractivity contribution in [2.45, 2.75) is 44.4 Å². The number of anilines is 2. The highest BCUT2D eigenvalue weighted by Crippen LogP contribution is 2.34. The fourth-order valence-corrected chi connectivity index (χ4v) is 3.94. The van der Waals surface area contributed by atoms with Gasteiger partial charge in [0, 0.05) is 5.69 Å². The molecule has 1 aliphatic heterocycles. The summed E-state index contributed by atoms with van der Waals surface area (Å²) in [7, 11) is -3.73. The van der Waals surface area contributed by atoms with Crippen LogP contribution in [0.4, 0.5) is 11.4 Å². The topological polar surface area (TPSA) is 70.6 Å². The standard InChI is InChI=1S/C19H23N3O2S/c1-12(2)14-8-10-15(11-9-14)20-19-21-18-16(13(3)4)6-5-7-17(18)25(23,24)22-19/h5-13H,1-4H3,(H2,20,21,22). The summed E-state index contributed by atoms with van der Waals surface area (Å²) in [6, 6.07) is 13.2. The molecule has 2 N–H and O–H groups in total. The molecule has 0 saturated carbocycles. The smallest absolute Gasteiger partial charge is 0.287 e. The summed E-state index contributed by atoms with van der Waals surface area (Å²) in [6.45, 7) is 8.33. The molecule has 0 atom stereocenters. The van der Waals surface area contributed by atoms with Gasteiger partial charge in [0.1, 0.15) is 4.90 Å². The van der Waals surface area contributed by atoms with Crippen molar-refractivity contribution in [1.29, 1.82) is 0 Å². The molecule has 0 saturated heterocycles. The van der Waals surface area contributed by atoms with Crippen LogP contribution in [-0.4, -0.2) is 14.4 Å². The zero-order valence-electron chi connectivity index (χ0n) is 14.9.